The molecule has 17 heavy (non-hydrogen) atoms. The van der Waals surface area contributed by atoms with Gasteiger partial charge < -0.3 is 5.32 Å². The maximum absolute atomic E-state index is 11.9. The molecular weight excluding hydrogens is 210 g/mol. The van der Waals surface area contributed by atoms with E-state index in [4.69, 9.17) is 0 Å². The number of rotatable bonds is 3. The van der Waals surface area contributed by atoms with Crippen molar-refractivity contribution in [3.63, 3.8) is 0 Å². The van der Waals surface area contributed by atoms with Gasteiger partial charge in [0.2, 0.25) is 5.91 Å². The molecule has 0 aromatic heterocycles. The summed E-state index contributed by atoms with van der Waals surface area (Å²) in [6.07, 6.45) is 3.64. The second-order valence-corrected chi connectivity index (χ2v) is 5.63. The van der Waals surface area contributed by atoms with Gasteiger partial charge in [-0.25, -0.2) is 0 Å². The molecule has 2 aliphatic carbocycles. The van der Waals surface area contributed by atoms with Gasteiger partial charge in [-0.15, -0.1) is 0 Å². The number of hydrogen-bond acceptors (Lipinski definition) is 1. The first-order chi connectivity index (χ1) is 8.22. The third-order valence-corrected chi connectivity index (χ3v) is 4.20. The molecule has 1 amide bonds. The van der Waals surface area contributed by atoms with Crippen LogP contribution in [-0.2, 0) is 11.3 Å². The zero-order valence-electron chi connectivity index (χ0n) is 10.3. The highest BCUT2D eigenvalue weighted by molar-refractivity contribution is 5.79. The molecule has 3 rings (SSSR count). The molecule has 0 heterocycles. The molecule has 2 nitrogen and oxygen atoms in total. The van der Waals surface area contributed by atoms with Gasteiger partial charge in [0.15, 0.2) is 0 Å². The van der Waals surface area contributed by atoms with Gasteiger partial charge in [0.1, 0.15) is 0 Å². The van der Waals surface area contributed by atoms with Gasteiger partial charge in [0, 0.05) is 12.5 Å². The topological polar surface area (TPSA) is 29.1 Å². The van der Waals surface area contributed by atoms with E-state index in [0.717, 1.165) is 24.7 Å². The highest BCUT2D eigenvalue weighted by Crippen LogP contribution is 2.54. The molecule has 1 N–H and O–H groups in total. The van der Waals surface area contributed by atoms with Crippen molar-refractivity contribution in [2.24, 2.45) is 17.8 Å². The van der Waals surface area contributed by atoms with Gasteiger partial charge in [-0.1, -0.05) is 29.8 Å². The number of aryl methyl sites for hydroxylation is 1. The van der Waals surface area contributed by atoms with Crippen LogP contribution in [0.4, 0.5) is 0 Å². The summed E-state index contributed by atoms with van der Waals surface area (Å²) in [5.74, 6) is 2.32. The van der Waals surface area contributed by atoms with Crippen molar-refractivity contribution in [1.29, 1.82) is 0 Å². The third-order valence-electron chi connectivity index (χ3n) is 4.20. The summed E-state index contributed by atoms with van der Waals surface area (Å²) in [5.41, 5.74) is 2.45. The average molecular weight is 229 g/mol. The van der Waals surface area contributed by atoms with Gasteiger partial charge in [-0.05, 0) is 43.6 Å². The zero-order chi connectivity index (χ0) is 11.8. The van der Waals surface area contributed by atoms with E-state index in [1.165, 1.54) is 17.5 Å². The number of benzene rings is 1. The van der Waals surface area contributed by atoms with Crippen LogP contribution in [0.1, 0.15) is 30.4 Å². The van der Waals surface area contributed by atoms with E-state index in [-0.39, 0.29) is 5.91 Å². The standard InChI is InChI=1S/C15H19NO/c1-10-2-4-11(5-3-10)9-16-15(17)14-7-12-6-13(12)8-14/h2-5,12-14H,6-9H2,1H3,(H,16,17). The predicted molar refractivity (Wildman–Crippen MR) is 67.3 cm³/mol. The highest BCUT2D eigenvalue weighted by Gasteiger charge is 2.47. The Balaban J connectivity index is 1.50. The summed E-state index contributed by atoms with van der Waals surface area (Å²) in [5, 5.41) is 3.06. The van der Waals surface area contributed by atoms with Crippen LogP contribution in [0, 0.1) is 24.7 Å². The van der Waals surface area contributed by atoms with Crippen LogP contribution in [0.15, 0.2) is 24.3 Å². The maximum Gasteiger partial charge on any atom is 0.223 e. The van der Waals surface area contributed by atoms with Crippen molar-refractivity contribution in [2.45, 2.75) is 32.7 Å². The van der Waals surface area contributed by atoms with Crippen molar-refractivity contribution in [2.75, 3.05) is 0 Å². The number of carbonyl (C=O) groups excluding carboxylic acids is 1. The molecule has 2 saturated carbocycles. The molecule has 0 spiro atoms. The number of amides is 1. The van der Waals surface area contributed by atoms with E-state index in [0.29, 0.717) is 12.5 Å². The lowest BCUT2D eigenvalue weighted by molar-refractivity contribution is -0.125. The zero-order valence-corrected chi connectivity index (χ0v) is 10.3. The van der Waals surface area contributed by atoms with Crippen LogP contribution in [0.2, 0.25) is 0 Å². The van der Waals surface area contributed by atoms with Crippen LogP contribution in [-0.4, -0.2) is 5.91 Å². The molecule has 0 aliphatic heterocycles. The maximum atomic E-state index is 11.9. The Bertz CT molecular complexity index is 413. The fraction of sp³-hybridized carbons (Fsp3) is 0.533. The Kier molecular flexibility index (Phi) is 2.65. The Morgan fingerprint density at radius 1 is 1.18 bits per heavy atom. The minimum Gasteiger partial charge on any atom is -0.352 e. The Hall–Kier alpha value is -1.31. The van der Waals surface area contributed by atoms with E-state index in [2.05, 4.69) is 36.5 Å². The SMILES string of the molecule is Cc1ccc(CNC(=O)C2CC3CC3C2)cc1. The monoisotopic (exact) mass is 229 g/mol. The molecule has 2 atom stereocenters. The first kappa shape index (κ1) is 10.8. The van der Waals surface area contributed by atoms with Crippen LogP contribution in [0.5, 0.6) is 0 Å². The Morgan fingerprint density at radius 2 is 1.82 bits per heavy atom. The lowest BCUT2D eigenvalue weighted by atomic mass is 10.0. The second kappa shape index (κ2) is 4.17. The molecule has 0 saturated heterocycles. The smallest absolute Gasteiger partial charge is 0.223 e. The summed E-state index contributed by atoms with van der Waals surface area (Å²) >= 11 is 0. The summed E-state index contributed by atoms with van der Waals surface area (Å²) in [7, 11) is 0. The first-order valence-corrected chi connectivity index (χ1v) is 6.55. The van der Waals surface area contributed by atoms with Crippen LogP contribution in [0.25, 0.3) is 0 Å². The lowest BCUT2D eigenvalue weighted by Crippen LogP contribution is -2.29. The third kappa shape index (κ3) is 2.36. The molecule has 2 heteroatoms. The molecule has 0 radical (unpaired) electrons. The van der Waals surface area contributed by atoms with Crippen molar-refractivity contribution < 1.29 is 4.79 Å². The minimum atomic E-state index is 0.262. The van der Waals surface area contributed by atoms with Crippen LogP contribution >= 0.6 is 0 Å². The van der Waals surface area contributed by atoms with Crippen LogP contribution < -0.4 is 5.32 Å². The fourth-order valence-electron chi connectivity index (χ4n) is 2.97. The molecule has 90 valence electrons. The van der Waals surface area contributed by atoms with Crippen molar-refractivity contribution >= 4 is 5.91 Å². The molecule has 0 bridgehead atoms. The molecule has 1 aromatic carbocycles. The largest absolute Gasteiger partial charge is 0.352 e. The van der Waals surface area contributed by atoms with Crippen molar-refractivity contribution in [3.05, 3.63) is 35.4 Å². The quantitative estimate of drug-likeness (QED) is 0.848. The summed E-state index contributed by atoms with van der Waals surface area (Å²) in [6, 6.07) is 8.35. The Morgan fingerprint density at radius 3 is 2.47 bits per heavy atom. The van der Waals surface area contributed by atoms with Gasteiger partial charge in [-0.3, -0.25) is 4.79 Å². The average Bonchev–Trinajstić information content (AvgIpc) is 2.95. The van der Waals surface area contributed by atoms with E-state index in [9.17, 15) is 4.79 Å². The first-order valence-electron chi connectivity index (χ1n) is 6.55. The number of nitrogens with one attached hydrogen (secondary N) is 1. The Labute approximate surface area is 102 Å². The highest BCUT2D eigenvalue weighted by atomic mass is 16.1. The van der Waals surface area contributed by atoms with Gasteiger partial charge in [0.25, 0.3) is 0 Å². The lowest BCUT2D eigenvalue weighted by Gasteiger charge is -2.12. The number of hydrogen-bond donors (Lipinski definition) is 1. The van der Waals surface area contributed by atoms with Crippen molar-refractivity contribution in [3.8, 4) is 0 Å². The normalized spacial score (nSPS) is 29.8. The summed E-state index contributed by atoms with van der Waals surface area (Å²) in [6.45, 7) is 2.75. The number of fused-ring (bicyclic) bond motifs is 1. The second-order valence-electron chi connectivity index (χ2n) is 5.63. The van der Waals surface area contributed by atoms with E-state index in [1.807, 2.05) is 0 Å². The van der Waals surface area contributed by atoms with Crippen molar-refractivity contribution in [1.82, 2.24) is 5.32 Å². The molecule has 2 fully saturated rings. The summed E-state index contributed by atoms with van der Waals surface area (Å²) in [4.78, 5) is 11.9. The molecular formula is C15H19NO. The predicted octanol–water partition coefficient (Wildman–Crippen LogP) is 2.66. The molecule has 1 aromatic rings. The van der Waals surface area contributed by atoms with E-state index in [1.54, 1.807) is 0 Å². The molecule has 2 aliphatic rings. The van der Waals surface area contributed by atoms with E-state index < -0.39 is 0 Å². The van der Waals surface area contributed by atoms with Gasteiger partial charge in [-0.2, -0.15) is 0 Å². The molecule has 2 unspecified atom stereocenters. The minimum absolute atomic E-state index is 0.262. The van der Waals surface area contributed by atoms with Gasteiger partial charge in [0.05, 0.1) is 0 Å². The summed E-state index contributed by atoms with van der Waals surface area (Å²) < 4.78 is 0. The van der Waals surface area contributed by atoms with Gasteiger partial charge >= 0.3 is 0 Å². The van der Waals surface area contributed by atoms with E-state index >= 15 is 0 Å². The number of carbonyl (C=O) groups is 1. The van der Waals surface area contributed by atoms with Crippen LogP contribution in [0.3, 0.4) is 0 Å². The fourth-order valence-corrected chi connectivity index (χ4v) is 2.97.